The Labute approximate surface area is 213 Å². The van der Waals surface area contributed by atoms with Gasteiger partial charge in [-0.05, 0) is 45.6 Å². The van der Waals surface area contributed by atoms with Gasteiger partial charge in [-0.25, -0.2) is 0 Å². The van der Waals surface area contributed by atoms with Crippen LogP contribution >= 0.6 is 0 Å². The summed E-state index contributed by atoms with van der Waals surface area (Å²) in [5.74, 6) is -2.71. The van der Waals surface area contributed by atoms with Gasteiger partial charge in [0.05, 0.1) is 30.8 Å². The van der Waals surface area contributed by atoms with Crippen LogP contribution in [0.5, 0.6) is 0 Å². The molecule has 1 N–H and O–H groups in total. The SMILES string of the molecule is C=CCN(C(=O)C1N([C@H](CO)c2ccccc2)C(=O)[C@@H]2[C@@H](C(=O)OCC)[C@@]3(CC)CCC12O3)C(C)C. The van der Waals surface area contributed by atoms with Gasteiger partial charge in [0.1, 0.15) is 17.6 Å². The van der Waals surface area contributed by atoms with Crippen molar-refractivity contribution in [2.75, 3.05) is 19.8 Å². The first kappa shape index (κ1) is 26.4. The highest BCUT2D eigenvalue weighted by molar-refractivity contribution is 5.99. The maximum absolute atomic E-state index is 14.3. The van der Waals surface area contributed by atoms with Crippen molar-refractivity contribution in [1.82, 2.24) is 9.80 Å². The number of amides is 2. The molecular weight excluding hydrogens is 460 g/mol. The summed E-state index contributed by atoms with van der Waals surface area (Å²) < 4.78 is 12.2. The van der Waals surface area contributed by atoms with E-state index in [1.165, 1.54) is 4.90 Å². The third-order valence-electron chi connectivity index (χ3n) is 8.32. The summed E-state index contributed by atoms with van der Waals surface area (Å²) in [6.07, 6.45) is 3.24. The molecule has 4 rings (SSSR count). The molecule has 1 aromatic rings. The fraction of sp³-hybridized carbons (Fsp3) is 0.607. The van der Waals surface area contributed by atoms with Gasteiger partial charge in [-0.3, -0.25) is 14.4 Å². The van der Waals surface area contributed by atoms with Crippen molar-refractivity contribution in [2.24, 2.45) is 11.8 Å². The van der Waals surface area contributed by atoms with Gasteiger partial charge in [0, 0.05) is 12.6 Å². The Morgan fingerprint density at radius 1 is 1.28 bits per heavy atom. The lowest BCUT2D eigenvalue weighted by Crippen LogP contribution is -2.58. The van der Waals surface area contributed by atoms with Crippen molar-refractivity contribution in [3.8, 4) is 0 Å². The van der Waals surface area contributed by atoms with Crippen LogP contribution in [0.3, 0.4) is 0 Å². The van der Waals surface area contributed by atoms with Crippen molar-refractivity contribution >= 4 is 17.8 Å². The average molecular weight is 499 g/mol. The first-order valence-corrected chi connectivity index (χ1v) is 13.0. The summed E-state index contributed by atoms with van der Waals surface area (Å²) in [6.45, 7) is 11.5. The van der Waals surface area contributed by atoms with Crippen LogP contribution in [0, 0.1) is 11.8 Å². The molecule has 3 saturated heterocycles. The lowest BCUT2D eigenvalue weighted by molar-refractivity contribution is -0.163. The summed E-state index contributed by atoms with van der Waals surface area (Å²) in [4.78, 5) is 45.1. The number of fused-ring (bicyclic) bond motifs is 1. The predicted molar refractivity (Wildman–Crippen MR) is 134 cm³/mol. The summed E-state index contributed by atoms with van der Waals surface area (Å²) in [5.41, 5.74) is -1.30. The molecule has 196 valence electrons. The molecule has 1 aromatic carbocycles. The standard InChI is InChI=1S/C28H38N2O6/c1-6-16-29(18(4)5)25(33)23-28-15-14-27(7-2,36-28)22(26(34)35-8-3)21(28)24(32)30(23)20(17-31)19-12-10-9-11-13-19/h6,9-13,18,20-23,31H,1,7-8,14-17H2,2-5H3/t20-,21+,22+,23?,27-,28?/m1/s1. The molecule has 2 bridgehead atoms. The van der Waals surface area contributed by atoms with E-state index in [9.17, 15) is 19.5 Å². The molecule has 1 spiro atoms. The third-order valence-corrected chi connectivity index (χ3v) is 8.32. The Morgan fingerprint density at radius 3 is 2.53 bits per heavy atom. The van der Waals surface area contributed by atoms with Crippen LogP contribution in [0.1, 0.15) is 58.6 Å². The van der Waals surface area contributed by atoms with Crippen LogP contribution in [0.15, 0.2) is 43.0 Å². The van der Waals surface area contributed by atoms with Crippen molar-refractivity contribution in [3.63, 3.8) is 0 Å². The zero-order valence-electron chi connectivity index (χ0n) is 21.7. The van der Waals surface area contributed by atoms with E-state index >= 15 is 0 Å². The Kier molecular flexibility index (Phi) is 7.30. The van der Waals surface area contributed by atoms with E-state index in [1.807, 2.05) is 51.1 Å². The topological polar surface area (TPSA) is 96.4 Å². The van der Waals surface area contributed by atoms with Crippen molar-refractivity contribution < 1.29 is 29.0 Å². The lowest BCUT2D eigenvalue weighted by atomic mass is 9.65. The zero-order valence-corrected chi connectivity index (χ0v) is 21.7. The zero-order chi connectivity index (χ0) is 26.3. The van der Waals surface area contributed by atoms with E-state index in [2.05, 4.69) is 6.58 Å². The Morgan fingerprint density at radius 2 is 1.97 bits per heavy atom. The summed E-state index contributed by atoms with van der Waals surface area (Å²) in [6, 6.07) is 7.31. The Bertz CT molecular complexity index is 1010. The van der Waals surface area contributed by atoms with Gasteiger partial charge in [-0.1, -0.05) is 43.3 Å². The second kappa shape index (κ2) is 9.98. The molecule has 8 nitrogen and oxygen atoms in total. The van der Waals surface area contributed by atoms with Crippen LogP contribution < -0.4 is 0 Å². The number of aliphatic hydroxyl groups excluding tert-OH is 1. The van der Waals surface area contributed by atoms with E-state index in [0.29, 0.717) is 25.8 Å². The molecule has 6 atom stereocenters. The van der Waals surface area contributed by atoms with Gasteiger partial charge in [-0.15, -0.1) is 6.58 Å². The number of benzene rings is 1. The van der Waals surface area contributed by atoms with Crippen molar-refractivity contribution in [2.45, 2.75) is 76.3 Å². The molecule has 36 heavy (non-hydrogen) atoms. The Balaban J connectivity index is 1.89. The van der Waals surface area contributed by atoms with E-state index in [-0.39, 0.29) is 31.1 Å². The second-order valence-corrected chi connectivity index (χ2v) is 10.3. The monoisotopic (exact) mass is 498 g/mol. The molecule has 8 heteroatoms. The normalized spacial score (nSPS) is 31.4. The van der Waals surface area contributed by atoms with Gasteiger partial charge in [0.15, 0.2) is 0 Å². The number of carbonyl (C=O) groups is 3. The molecule has 3 aliphatic rings. The lowest BCUT2D eigenvalue weighted by Gasteiger charge is -2.40. The van der Waals surface area contributed by atoms with E-state index in [4.69, 9.17) is 9.47 Å². The highest BCUT2D eigenvalue weighted by atomic mass is 16.6. The minimum Gasteiger partial charge on any atom is -0.466 e. The average Bonchev–Trinajstić information content (AvgIpc) is 3.47. The predicted octanol–water partition coefficient (Wildman–Crippen LogP) is 2.86. The highest BCUT2D eigenvalue weighted by Crippen LogP contribution is 2.65. The van der Waals surface area contributed by atoms with E-state index in [1.54, 1.807) is 17.9 Å². The van der Waals surface area contributed by atoms with Crippen molar-refractivity contribution in [3.05, 3.63) is 48.6 Å². The summed E-state index contributed by atoms with van der Waals surface area (Å²) in [5, 5.41) is 10.5. The molecule has 3 fully saturated rings. The maximum Gasteiger partial charge on any atom is 0.312 e. The van der Waals surface area contributed by atoms with Gasteiger partial charge in [-0.2, -0.15) is 0 Å². The fourth-order valence-corrected chi connectivity index (χ4v) is 6.74. The van der Waals surface area contributed by atoms with Crippen LogP contribution in [-0.2, 0) is 23.9 Å². The largest absolute Gasteiger partial charge is 0.466 e. The van der Waals surface area contributed by atoms with Gasteiger partial charge < -0.3 is 24.4 Å². The Hall–Kier alpha value is -2.71. The second-order valence-electron chi connectivity index (χ2n) is 10.3. The fourth-order valence-electron chi connectivity index (χ4n) is 6.74. The van der Waals surface area contributed by atoms with Gasteiger partial charge in [0.2, 0.25) is 11.8 Å². The summed E-state index contributed by atoms with van der Waals surface area (Å²) in [7, 11) is 0. The molecule has 2 unspecified atom stereocenters. The summed E-state index contributed by atoms with van der Waals surface area (Å²) >= 11 is 0. The van der Waals surface area contributed by atoms with Crippen LogP contribution in [0.4, 0.5) is 0 Å². The molecule has 2 amide bonds. The minimum absolute atomic E-state index is 0.146. The number of nitrogens with zero attached hydrogens (tertiary/aromatic N) is 2. The van der Waals surface area contributed by atoms with E-state index < -0.39 is 41.1 Å². The maximum atomic E-state index is 14.3. The van der Waals surface area contributed by atoms with Gasteiger partial charge in [0.25, 0.3) is 0 Å². The molecular formula is C28H38N2O6. The highest BCUT2D eigenvalue weighted by Gasteiger charge is 2.79. The number of carbonyl (C=O) groups excluding carboxylic acids is 3. The van der Waals surface area contributed by atoms with Gasteiger partial charge >= 0.3 is 5.97 Å². The van der Waals surface area contributed by atoms with E-state index in [0.717, 1.165) is 5.56 Å². The number of esters is 1. The van der Waals surface area contributed by atoms with Crippen LogP contribution in [0.2, 0.25) is 0 Å². The molecule has 3 aliphatic heterocycles. The number of aliphatic hydroxyl groups is 1. The first-order chi connectivity index (χ1) is 17.2. The quantitative estimate of drug-likeness (QED) is 0.394. The molecule has 0 aliphatic carbocycles. The number of ether oxygens (including phenoxy) is 2. The smallest absolute Gasteiger partial charge is 0.312 e. The number of rotatable bonds is 10. The molecule has 0 radical (unpaired) electrons. The number of hydrogen-bond donors (Lipinski definition) is 1. The van der Waals surface area contributed by atoms with Crippen LogP contribution in [0.25, 0.3) is 0 Å². The van der Waals surface area contributed by atoms with Crippen molar-refractivity contribution in [1.29, 1.82) is 0 Å². The first-order valence-electron chi connectivity index (χ1n) is 13.0. The third kappa shape index (κ3) is 3.77. The number of hydrogen-bond acceptors (Lipinski definition) is 6. The van der Waals surface area contributed by atoms with Crippen LogP contribution in [-0.4, -0.2) is 75.7 Å². The number of likely N-dealkylation sites (tertiary alicyclic amines) is 1. The molecule has 0 aromatic heterocycles. The minimum atomic E-state index is -1.17. The molecule has 3 heterocycles. The molecule has 0 saturated carbocycles.